The van der Waals surface area contributed by atoms with Crippen LogP contribution in [-0.2, 0) is 11.2 Å². The van der Waals surface area contributed by atoms with Crippen molar-refractivity contribution in [3.05, 3.63) is 29.8 Å². The van der Waals surface area contributed by atoms with Crippen LogP contribution in [0.2, 0.25) is 0 Å². The predicted molar refractivity (Wildman–Crippen MR) is 68.2 cm³/mol. The molecule has 3 nitrogen and oxygen atoms in total. The Morgan fingerprint density at radius 1 is 1.31 bits per heavy atom. The van der Waals surface area contributed by atoms with E-state index in [-0.39, 0.29) is 11.8 Å². The van der Waals surface area contributed by atoms with Gasteiger partial charge in [0.1, 0.15) is 5.88 Å². The number of rotatable bonds is 5. The van der Waals surface area contributed by atoms with E-state index < -0.39 is 0 Å². The summed E-state index contributed by atoms with van der Waals surface area (Å²) >= 11 is 5.37. The maximum absolute atomic E-state index is 10.9. The van der Waals surface area contributed by atoms with Gasteiger partial charge in [0.05, 0.1) is 0 Å². The lowest BCUT2D eigenvalue weighted by atomic mass is 10.1. The van der Waals surface area contributed by atoms with Crippen LogP contribution in [0.15, 0.2) is 24.3 Å². The van der Waals surface area contributed by atoms with Crippen LogP contribution < -0.4 is 10.2 Å². The topological polar surface area (TPSA) is 32.3 Å². The molecule has 0 aliphatic heterocycles. The molecule has 0 saturated carbocycles. The molecule has 0 aromatic heterocycles. The van der Waals surface area contributed by atoms with Crippen LogP contribution >= 0.6 is 11.6 Å². The zero-order valence-corrected chi connectivity index (χ0v) is 10.4. The number of carbonyl (C=O) groups is 1. The second kappa shape index (κ2) is 6.38. The first-order valence-electron chi connectivity index (χ1n) is 5.22. The summed E-state index contributed by atoms with van der Waals surface area (Å²) in [4.78, 5) is 13.0. The SMILES string of the molecule is CN(C)c1ccc(CCNC(=O)CCl)cc1. The Morgan fingerprint density at radius 3 is 2.44 bits per heavy atom. The molecule has 0 aliphatic carbocycles. The molecule has 88 valence electrons. The molecule has 0 fully saturated rings. The summed E-state index contributed by atoms with van der Waals surface area (Å²) in [5, 5.41) is 2.74. The van der Waals surface area contributed by atoms with Crippen molar-refractivity contribution < 1.29 is 4.79 Å². The average Bonchev–Trinajstić information content (AvgIpc) is 2.29. The van der Waals surface area contributed by atoms with Crippen molar-refractivity contribution in [2.45, 2.75) is 6.42 Å². The molecule has 0 aliphatic rings. The van der Waals surface area contributed by atoms with Gasteiger partial charge in [0.15, 0.2) is 0 Å². The van der Waals surface area contributed by atoms with E-state index in [1.54, 1.807) is 0 Å². The summed E-state index contributed by atoms with van der Waals surface area (Å²) in [6.45, 7) is 0.632. The quantitative estimate of drug-likeness (QED) is 0.794. The molecule has 1 N–H and O–H groups in total. The van der Waals surface area contributed by atoms with E-state index in [1.165, 1.54) is 11.3 Å². The van der Waals surface area contributed by atoms with E-state index in [2.05, 4.69) is 34.5 Å². The van der Waals surface area contributed by atoms with E-state index in [9.17, 15) is 4.79 Å². The zero-order valence-electron chi connectivity index (χ0n) is 9.66. The summed E-state index contributed by atoms with van der Waals surface area (Å²) in [6.07, 6.45) is 0.830. The Bertz CT molecular complexity index is 335. The minimum Gasteiger partial charge on any atom is -0.378 e. The van der Waals surface area contributed by atoms with Crippen molar-refractivity contribution in [3.63, 3.8) is 0 Å². The van der Waals surface area contributed by atoms with Crippen molar-refractivity contribution in [1.29, 1.82) is 0 Å². The number of carbonyl (C=O) groups excluding carboxylic acids is 1. The fraction of sp³-hybridized carbons (Fsp3) is 0.417. The van der Waals surface area contributed by atoms with Crippen molar-refractivity contribution in [2.75, 3.05) is 31.4 Å². The molecule has 0 radical (unpaired) electrons. The van der Waals surface area contributed by atoms with Gasteiger partial charge in [0.2, 0.25) is 5.91 Å². The van der Waals surface area contributed by atoms with Crippen molar-refractivity contribution in [1.82, 2.24) is 5.32 Å². The molecule has 0 saturated heterocycles. The zero-order chi connectivity index (χ0) is 12.0. The lowest BCUT2D eigenvalue weighted by Crippen LogP contribution is -2.26. The van der Waals surface area contributed by atoms with Gasteiger partial charge >= 0.3 is 0 Å². The summed E-state index contributed by atoms with van der Waals surface area (Å²) in [5.41, 5.74) is 2.38. The molecule has 4 heteroatoms. The monoisotopic (exact) mass is 240 g/mol. The van der Waals surface area contributed by atoms with Gasteiger partial charge in [0, 0.05) is 26.3 Å². The van der Waals surface area contributed by atoms with Crippen LogP contribution in [-0.4, -0.2) is 32.4 Å². The highest BCUT2D eigenvalue weighted by Crippen LogP contribution is 2.12. The Morgan fingerprint density at radius 2 is 1.94 bits per heavy atom. The van der Waals surface area contributed by atoms with E-state index in [1.807, 2.05) is 14.1 Å². The van der Waals surface area contributed by atoms with Crippen LogP contribution in [0, 0.1) is 0 Å². The van der Waals surface area contributed by atoms with Gasteiger partial charge in [-0.15, -0.1) is 11.6 Å². The van der Waals surface area contributed by atoms with Gasteiger partial charge in [-0.3, -0.25) is 4.79 Å². The summed E-state index contributed by atoms with van der Waals surface area (Å²) in [7, 11) is 4.02. The molecular formula is C12H17ClN2O. The highest BCUT2D eigenvalue weighted by atomic mass is 35.5. The van der Waals surface area contributed by atoms with Crippen LogP contribution in [0.25, 0.3) is 0 Å². The van der Waals surface area contributed by atoms with Crippen LogP contribution in [0.1, 0.15) is 5.56 Å². The van der Waals surface area contributed by atoms with Crippen molar-refractivity contribution in [2.24, 2.45) is 0 Å². The lowest BCUT2D eigenvalue weighted by molar-refractivity contribution is -0.118. The third kappa shape index (κ3) is 4.11. The normalized spacial score (nSPS) is 9.94. The van der Waals surface area contributed by atoms with Gasteiger partial charge in [-0.05, 0) is 24.1 Å². The summed E-state index contributed by atoms with van der Waals surface area (Å²) < 4.78 is 0. The molecular weight excluding hydrogens is 224 g/mol. The van der Waals surface area contributed by atoms with Crippen molar-refractivity contribution in [3.8, 4) is 0 Å². The minimum atomic E-state index is -0.119. The van der Waals surface area contributed by atoms with Gasteiger partial charge in [-0.2, -0.15) is 0 Å². The van der Waals surface area contributed by atoms with E-state index >= 15 is 0 Å². The smallest absolute Gasteiger partial charge is 0.234 e. The maximum Gasteiger partial charge on any atom is 0.234 e. The molecule has 0 spiro atoms. The molecule has 1 aromatic carbocycles. The molecule has 1 amide bonds. The first kappa shape index (κ1) is 12.8. The Kier molecular flexibility index (Phi) is 5.12. The number of alkyl halides is 1. The minimum absolute atomic E-state index is 0.0273. The Balaban J connectivity index is 2.40. The number of halogens is 1. The van der Waals surface area contributed by atoms with Gasteiger partial charge < -0.3 is 10.2 Å². The van der Waals surface area contributed by atoms with Gasteiger partial charge in [-0.25, -0.2) is 0 Å². The fourth-order valence-corrected chi connectivity index (χ4v) is 1.45. The molecule has 0 heterocycles. The summed E-state index contributed by atoms with van der Waals surface area (Å²) in [6, 6.07) is 8.28. The lowest BCUT2D eigenvalue weighted by Gasteiger charge is -2.12. The van der Waals surface area contributed by atoms with Crippen LogP contribution in [0.4, 0.5) is 5.69 Å². The molecule has 0 bridgehead atoms. The molecule has 1 aromatic rings. The largest absolute Gasteiger partial charge is 0.378 e. The predicted octanol–water partition coefficient (Wildman–Crippen LogP) is 1.65. The first-order chi connectivity index (χ1) is 7.63. The standard InChI is InChI=1S/C12H17ClN2O/c1-15(2)11-5-3-10(4-6-11)7-8-14-12(16)9-13/h3-6H,7-9H2,1-2H3,(H,14,16). The third-order valence-corrected chi connectivity index (χ3v) is 2.55. The van der Waals surface area contributed by atoms with E-state index in [4.69, 9.17) is 11.6 Å². The van der Waals surface area contributed by atoms with Crippen LogP contribution in [0.5, 0.6) is 0 Å². The van der Waals surface area contributed by atoms with Crippen LogP contribution in [0.3, 0.4) is 0 Å². The number of amides is 1. The second-order valence-corrected chi connectivity index (χ2v) is 4.06. The van der Waals surface area contributed by atoms with E-state index in [0.717, 1.165) is 6.42 Å². The van der Waals surface area contributed by atoms with Gasteiger partial charge in [-0.1, -0.05) is 12.1 Å². The fourth-order valence-electron chi connectivity index (χ4n) is 1.35. The van der Waals surface area contributed by atoms with Gasteiger partial charge in [0.25, 0.3) is 0 Å². The summed E-state index contributed by atoms with van der Waals surface area (Å²) in [5.74, 6) is -0.0916. The number of nitrogens with one attached hydrogen (secondary N) is 1. The van der Waals surface area contributed by atoms with Crippen molar-refractivity contribution >= 4 is 23.2 Å². The Hall–Kier alpha value is -1.22. The maximum atomic E-state index is 10.9. The number of benzene rings is 1. The number of hydrogen-bond donors (Lipinski definition) is 1. The second-order valence-electron chi connectivity index (χ2n) is 3.79. The number of hydrogen-bond acceptors (Lipinski definition) is 2. The Labute approximate surface area is 101 Å². The number of nitrogens with zero attached hydrogens (tertiary/aromatic N) is 1. The first-order valence-corrected chi connectivity index (χ1v) is 5.76. The molecule has 0 atom stereocenters. The highest BCUT2D eigenvalue weighted by Gasteiger charge is 1.99. The third-order valence-electron chi connectivity index (χ3n) is 2.31. The molecule has 1 rings (SSSR count). The van der Waals surface area contributed by atoms with E-state index in [0.29, 0.717) is 6.54 Å². The number of anilines is 1. The average molecular weight is 241 g/mol. The molecule has 16 heavy (non-hydrogen) atoms. The highest BCUT2D eigenvalue weighted by molar-refractivity contribution is 6.27. The molecule has 0 unspecified atom stereocenters.